The molecule has 0 saturated heterocycles. The Kier molecular flexibility index (Phi) is 3.18. The maximum absolute atomic E-state index is 5.69. The third kappa shape index (κ3) is 2.62. The van der Waals surface area contributed by atoms with Gasteiger partial charge in [-0.1, -0.05) is 0 Å². The number of thiophene rings is 1. The predicted molar refractivity (Wildman–Crippen MR) is 71.8 cm³/mol. The van der Waals surface area contributed by atoms with E-state index in [0.29, 0.717) is 5.89 Å². The predicted octanol–water partition coefficient (Wildman–Crippen LogP) is 2.71. The lowest BCUT2D eigenvalue weighted by Crippen LogP contribution is -2.19. The number of hydrogen-bond donors (Lipinski definition) is 1. The molecule has 0 unspecified atom stereocenters. The Balaban J connectivity index is 1.64. The molecule has 0 aromatic carbocycles. The Morgan fingerprint density at radius 2 is 2.22 bits per heavy atom. The fourth-order valence-electron chi connectivity index (χ4n) is 1.80. The molecule has 2 heterocycles. The molecular weight excluding hydrogens is 246 g/mol. The van der Waals surface area contributed by atoms with Crippen LogP contribution in [-0.2, 0) is 6.42 Å². The van der Waals surface area contributed by atoms with Gasteiger partial charge in [0.05, 0.1) is 4.88 Å². The quantitative estimate of drug-likeness (QED) is 0.901. The number of rotatable bonds is 5. The highest BCUT2D eigenvalue weighted by Gasteiger charge is 2.20. The lowest BCUT2D eigenvalue weighted by Gasteiger charge is -1.97. The van der Waals surface area contributed by atoms with E-state index >= 15 is 0 Å². The number of aromatic nitrogens is 2. The molecule has 18 heavy (non-hydrogen) atoms. The molecule has 4 nitrogen and oxygen atoms in total. The Morgan fingerprint density at radius 3 is 2.89 bits per heavy atom. The van der Waals surface area contributed by atoms with Crippen LogP contribution in [0.4, 0.5) is 0 Å². The van der Waals surface area contributed by atoms with E-state index in [1.54, 1.807) is 11.3 Å². The summed E-state index contributed by atoms with van der Waals surface area (Å²) in [6.45, 7) is 5.14. The maximum atomic E-state index is 5.69. The largest absolute Gasteiger partial charge is 0.420 e. The monoisotopic (exact) mass is 263 g/mol. The van der Waals surface area contributed by atoms with E-state index in [-0.39, 0.29) is 0 Å². The zero-order valence-electron chi connectivity index (χ0n) is 10.7. The molecule has 1 aliphatic rings. The summed E-state index contributed by atoms with van der Waals surface area (Å²) >= 11 is 1.71. The zero-order valence-corrected chi connectivity index (χ0v) is 11.5. The second kappa shape index (κ2) is 4.82. The van der Waals surface area contributed by atoms with Crippen LogP contribution in [0.1, 0.15) is 29.2 Å². The summed E-state index contributed by atoms with van der Waals surface area (Å²) in [6, 6.07) is 2.84. The molecule has 0 spiro atoms. The second-order valence-electron chi connectivity index (χ2n) is 4.83. The highest BCUT2D eigenvalue weighted by molar-refractivity contribution is 7.15. The van der Waals surface area contributed by atoms with Crippen LogP contribution in [0.3, 0.4) is 0 Å². The van der Waals surface area contributed by atoms with Crippen molar-refractivity contribution in [2.45, 2.75) is 39.2 Å². The molecule has 1 fully saturated rings. The molecule has 96 valence electrons. The van der Waals surface area contributed by atoms with Crippen molar-refractivity contribution < 1.29 is 4.42 Å². The third-order valence-electron chi connectivity index (χ3n) is 3.19. The number of aryl methyl sites for hydroxylation is 2. The van der Waals surface area contributed by atoms with E-state index in [4.69, 9.17) is 4.42 Å². The summed E-state index contributed by atoms with van der Waals surface area (Å²) < 4.78 is 5.69. The van der Waals surface area contributed by atoms with Gasteiger partial charge in [-0.05, 0) is 38.3 Å². The summed E-state index contributed by atoms with van der Waals surface area (Å²) in [5, 5.41) is 11.7. The standard InChI is InChI=1S/C13H17N3OS/c1-8-7-11(18-9(8)2)13-16-15-12(17-13)5-6-14-10-3-4-10/h7,10,14H,3-6H2,1-2H3. The molecule has 1 saturated carbocycles. The summed E-state index contributed by atoms with van der Waals surface area (Å²) in [7, 11) is 0. The van der Waals surface area contributed by atoms with Crippen molar-refractivity contribution in [3.05, 3.63) is 22.4 Å². The van der Waals surface area contributed by atoms with Crippen LogP contribution in [0.2, 0.25) is 0 Å². The van der Waals surface area contributed by atoms with Crippen LogP contribution >= 0.6 is 11.3 Å². The maximum Gasteiger partial charge on any atom is 0.257 e. The minimum absolute atomic E-state index is 0.651. The molecule has 5 heteroatoms. The van der Waals surface area contributed by atoms with Gasteiger partial charge >= 0.3 is 0 Å². The van der Waals surface area contributed by atoms with Gasteiger partial charge in [0.25, 0.3) is 5.89 Å². The first-order valence-electron chi connectivity index (χ1n) is 6.35. The van der Waals surface area contributed by atoms with E-state index in [9.17, 15) is 0 Å². The lowest BCUT2D eigenvalue weighted by atomic mass is 10.3. The van der Waals surface area contributed by atoms with E-state index in [2.05, 4.69) is 35.4 Å². The summed E-state index contributed by atoms with van der Waals surface area (Å²) in [5.74, 6) is 1.37. The van der Waals surface area contributed by atoms with Gasteiger partial charge in [0, 0.05) is 23.9 Å². The highest BCUT2D eigenvalue weighted by Crippen LogP contribution is 2.29. The Morgan fingerprint density at radius 1 is 1.39 bits per heavy atom. The molecule has 0 aliphatic heterocycles. The average molecular weight is 263 g/mol. The van der Waals surface area contributed by atoms with Gasteiger partial charge in [0.15, 0.2) is 0 Å². The smallest absolute Gasteiger partial charge is 0.257 e. The fourth-order valence-corrected chi connectivity index (χ4v) is 2.76. The SMILES string of the molecule is Cc1cc(-c2nnc(CCNC3CC3)o2)sc1C. The van der Waals surface area contributed by atoms with Crippen molar-refractivity contribution in [1.82, 2.24) is 15.5 Å². The van der Waals surface area contributed by atoms with Crippen molar-refractivity contribution in [3.8, 4) is 10.8 Å². The van der Waals surface area contributed by atoms with Crippen LogP contribution in [0, 0.1) is 13.8 Å². The van der Waals surface area contributed by atoms with Crippen LogP contribution in [0.5, 0.6) is 0 Å². The number of hydrogen-bond acceptors (Lipinski definition) is 5. The molecule has 1 N–H and O–H groups in total. The van der Waals surface area contributed by atoms with Gasteiger partial charge in [-0.25, -0.2) is 0 Å². The normalized spacial score (nSPS) is 15.2. The first-order chi connectivity index (χ1) is 8.72. The summed E-state index contributed by atoms with van der Waals surface area (Å²) in [6.07, 6.45) is 3.43. The van der Waals surface area contributed by atoms with Crippen LogP contribution in [0.25, 0.3) is 10.8 Å². The van der Waals surface area contributed by atoms with Gasteiger partial charge < -0.3 is 9.73 Å². The van der Waals surface area contributed by atoms with E-state index in [1.807, 2.05) is 0 Å². The van der Waals surface area contributed by atoms with Gasteiger partial charge in [0.1, 0.15) is 0 Å². The van der Waals surface area contributed by atoms with Crippen molar-refractivity contribution in [1.29, 1.82) is 0 Å². The molecular formula is C13H17N3OS. The van der Waals surface area contributed by atoms with Crippen molar-refractivity contribution >= 4 is 11.3 Å². The molecule has 0 bridgehead atoms. The summed E-state index contributed by atoms with van der Waals surface area (Å²) in [4.78, 5) is 2.37. The Labute approximate surface area is 110 Å². The fraction of sp³-hybridized carbons (Fsp3) is 0.538. The van der Waals surface area contributed by atoms with Gasteiger partial charge in [0.2, 0.25) is 5.89 Å². The molecule has 0 atom stereocenters. The molecule has 2 aromatic rings. The van der Waals surface area contributed by atoms with Gasteiger partial charge in [-0.2, -0.15) is 0 Å². The van der Waals surface area contributed by atoms with Gasteiger partial charge in [-0.3, -0.25) is 0 Å². The van der Waals surface area contributed by atoms with Gasteiger partial charge in [-0.15, -0.1) is 21.5 Å². The number of nitrogens with one attached hydrogen (secondary N) is 1. The first-order valence-corrected chi connectivity index (χ1v) is 7.17. The Bertz CT molecular complexity index is 523. The highest BCUT2D eigenvalue weighted by atomic mass is 32.1. The molecule has 3 rings (SSSR count). The topological polar surface area (TPSA) is 51.0 Å². The van der Waals surface area contributed by atoms with E-state index in [0.717, 1.165) is 29.8 Å². The van der Waals surface area contributed by atoms with Crippen LogP contribution in [0.15, 0.2) is 10.5 Å². The van der Waals surface area contributed by atoms with Crippen LogP contribution in [-0.4, -0.2) is 22.8 Å². The van der Waals surface area contributed by atoms with Crippen molar-refractivity contribution in [3.63, 3.8) is 0 Å². The molecule has 0 amide bonds. The first kappa shape index (κ1) is 11.9. The molecule has 2 aromatic heterocycles. The van der Waals surface area contributed by atoms with E-state index < -0.39 is 0 Å². The number of nitrogens with zero attached hydrogens (tertiary/aromatic N) is 2. The van der Waals surface area contributed by atoms with Crippen molar-refractivity contribution in [2.75, 3.05) is 6.54 Å². The third-order valence-corrected chi connectivity index (χ3v) is 4.33. The average Bonchev–Trinajstić information content (AvgIpc) is 2.94. The second-order valence-corrected chi connectivity index (χ2v) is 6.09. The summed E-state index contributed by atoms with van der Waals surface area (Å²) in [5.41, 5.74) is 1.28. The lowest BCUT2D eigenvalue weighted by molar-refractivity contribution is 0.495. The minimum Gasteiger partial charge on any atom is -0.420 e. The minimum atomic E-state index is 0.651. The Hall–Kier alpha value is -1.20. The molecule has 0 radical (unpaired) electrons. The zero-order chi connectivity index (χ0) is 12.5. The van der Waals surface area contributed by atoms with Crippen LogP contribution < -0.4 is 5.32 Å². The molecule has 1 aliphatic carbocycles. The van der Waals surface area contributed by atoms with Crippen molar-refractivity contribution in [2.24, 2.45) is 0 Å². The van der Waals surface area contributed by atoms with E-state index in [1.165, 1.54) is 23.3 Å².